The lowest BCUT2D eigenvalue weighted by atomic mass is 10.0. The number of nitrogens with one attached hydrogen (secondary N) is 1. The largest absolute Gasteiger partial charge is 0.444 e. The maximum Gasteiger partial charge on any atom is 0.410 e. The fourth-order valence-corrected chi connectivity index (χ4v) is 5.09. The van der Waals surface area contributed by atoms with E-state index in [1.54, 1.807) is 21.8 Å². The van der Waals surface area contributed by atoms with Crippen molar-refractivity contribution in [3.05, 3.63) is 66.0 Å². The summed E-state index contributed by atoms with van der Waals surface area (Å²) >= 11 is 0. The minimum atomic E-state index is -0.506. The summed E-state index contributed by atoms with van der Waals surface area (Å²) in [6, 6.07) is 10.2. The van der Waals surface area contributed by atoms with E-state index >= 15 is 0 Å². The van der Waals surface area contributed by atoms with Gasteiger partial charge in [0, 0.05) is 42.3 Å². The smallest absolute Gasteiger partial charge is 0.410 e. The van der Waals surface area contributed by atoms with Gasteiger partial charge in [-0.05, 0) is 65.7 Å². The van der Waals surface area contributed by atoms with Crippen molar-refractivity contribution in [1.82, 2.24) is 29.3 Å². The number of carbonyl (C=O) groups excluding carboxylic acids is 1. The molecule has 1 aliphatic rings. The summed E-state index contributed by atoms with van der Waals surface area (Å²) in [6.07, 6.45) is 8.53. The predicted octanol–water partition coefficient (Wildman–Crippen LogP) is 5.52. The molecule has 1 aliphatic heterocycles. The second kappa shape index (κ2) is 10.4. The molecule has 0 aliphatic carbocycles. The Kier molecular flexibility index (Phi) is 7.00. The van der Waals surface area contributed by atoms with Gasteiger partial charge in [-0.2, -0.15) is 15.5 Å². The quantitative estimate of drug-likeness (QED) is 0.364. The summed E-state index contributed by atoms with van der Waals surface area (Å²) in [5.74, 6) is 0. The molecule has 10 nitrogen and oxygen atoms in total. The van der Waals surface area contributed by atoms with Crippen molar-refractivity contribution in [2.24, 2.45) is 0 Å². The van der Waals surface area contributed by atoms with Crippen LogP contribution in [0.2, 0.25) is 0 Å². The van der Waals surface area contributed by atoms with Crippen molar-refractivity contribution in [3.63, 3.8) is 0 Å². The Morgan fingerprint density at radius 3 is 2.64 bits per heavy atom. The zero-order valence-corrected chi connectivity index (χ0v) is 23.0. The standard InChI is InChI=1S/C29H34N8O2/c1-19(25-8-6-7-11-31-25)34-26-14-21(18-36-27(26)22(15-30)16-32-36)24-17-33-37(20(24)2)23-9-12-35(13-10-23)28(38)39-29(3,4)5/h6-8,11,14,16-19,23,34H,9-10,12-13H2,1-5H3/t19-/m1/s1. The van der Waals surface area contributed by atoms with E-state index in [0.717, 1.165) is 46.6 Å². The van der Waals surface area contributed by atoms with Gasteiger partial charge < -0.3 is 15.0 Å². The molecule has 0 bridgehead atoms. The Morgan fingerprint density at radius 1 is 1.21 bits per heavy atom. The first-order chi connectivity index (χ1) is 18.6. The number of aromatic nitrogens is 5. The van der Waals surface area contributed by atoms with Crippen molar-refractivity contribution in [2.45, 2.75) is 65.1 Å². The summed E-state index contributed by atoms with van der Waals surface area (Å²) < 4.78 is 9.36. The third-order valence-electron chi connectivity index (χ3n) is 7.05. The molecule has 1 N–H and O–H groups in total. The van der Waals surface area contributed by atoms with Crippen LogP contribution in [0, 0.1) is 18.3 Å². The maximum absolute atomic E-state index is 12.5. The van der Waals surface area contributed by atoms with Crippen LogP contribution in [0.1, 0.15) is 69.6 Å². The van der Waals surface area contributed by atoms with Crippen molar-refractivity contribution in [2.75, 3.05) is 18.4 Å². The van der Waals surface area contributed by atoms with Crippen molar-refractivity contribution < 1.29 is 9.53 Å². The van der Waals surface area contributed by atoms with Gasteiger partial charge in [0.1, 0.15) is 17.2 Å². The highest BCUT2D eigenvalue weighted by atomic mass is 16.6. The second-order valence-corrected chi connectivity index (χ2v) is 11.0. The molecule has 1 saturated heterocycles. The Balaban J connectivity index is 1.41. The number of likely N-dealkylation sites (tertiary alicyclic amines) is 1. The molecule has 0 saturated carbocycles. The van der Waals surface area contributed by atoms with Crippen LogP contribution in [0.4, 0.5) is 10.5 Å². The number of carbonyl (C=O) groups is 1. The first-order valence-electron chi connectivity index (χ1n) is 13.3. The van der Waals surface area contributed by atoms with Crippen molar-refractivity contribution in [3.8, 4) is 17.2 Å². The van der Waals surface area contributed by atoms with E-state index in [2.05, 4.69) is 39.1 Å². The third kappa shape index (κ3) is 5.43. The second-order valence-electron chi connectivity index (χ2n) is 11.0. The highest BCUT2D eigenvalue weighted by Gasteiger charge is 2.29. The summed E-state index contributed by atoms with van der Waals surface area (Å²) in [5, 5.41) is 22.4. The average Bonchev–Trinajstić information content (AvgIpc) is 3.51. The number of ether oxygens (including phenoxy) is 1. The first-order valence-corrected chi connectivity index (χ1v) is 13.3. The topological polar surface area (TPSA) is 113 Å². The zero-order chi connectivity index (χ0) is 27.7. The molecular weight excluding hydrogens is 492 g/mol. The first kappa shape index (κ1) is 26.2. The minimum absolute atomic E-state index is 0.0781. The van der Waals surface area contributed by atoms with E-state index in [0.29, 0.717) is 18.7 Å². The number of piperidine rings is 1. The monoisotopic (exact) mass is 526 g/mol. The lowest BCUT2D eigenvalue weighted by Gasteiger charge is -2.33. The summed E-state index contributed by atoms with van der Waals surface area (Å²) in [4.78, 5) is 18.7. The normalized spacial score (nSPS) is 15.2. The van der Waals surface area contributed by atoms with Crippen molar-refractivity contribution >= 4 is 17.3 Å². The molecule has 0 unspecified atom stereocenters. The molecule has 0 radical (unpaired) electrons. The molecule has 5 heterocycles. The van der Waals surface area contributed by atoms with Crippen LogP contribution in [-0.4, -0.2) is 54.1 Å². The number of anilines is 1. The third-order valence-corrected chi connectivity index (χ3v) is 7.05. The fourth-order valence-electron chi connectivity index (χ4n) is 5.09. The number of nitriles is 1. The van der Waals surface area contributed by atoms with Gasteiger partial charge >= 0.3 is 6.09 Å². The number of amides is 1. The van der Waals surface area contributed by atoms with Gasteiger partial charge in [-0.3, -0.25) is 9.67 Å². The van der Waals surface area contributed by atoms with Crippen LogP contribution < -0.4 is 5.32 Å². The van der Waals surface area contributed by atoms with Gasteiger partial charge in [0.2, 0.25) is 0 Å². The van der Waals surface area contributed by atoms with E-state index in [9.17, 15) is 10.1 Å². The van der Waals surface area contributed by atoms with E-state index in [-0.39, 0.29) is 18.2 Å². The number of rotatable bonds is 5. The SMILES string of the molecule is Cc1c(-c2cc(N[C@H](C)c3ccccn3)c3c(C#N)cnn3c2)cnn1C1CCN(C(=O)OC(C)(C)C)CC1. The highest BCUT2D eigenvalue weighted by molar-refractivity contribution is 5.83. The molecule has 4 aromatic rings. The van der Waals surface area contributed by atoms with Crippen LogP contribution in [0.5, 0.6) is 0 Å². The number of nitrogens with zero attached hydrogens (tertiary/aromatic N) is 7. The summed E-state index contributed by atoms with van der Waals surface area (Å²) in [7, 11) is 0. The predicted molar refractivity (Wildman–Crippen MR) is 148 cm³/mol. The van der Waals surface area contributed by atoms with Crippen molar-refractivity contribution in [1.29, 1.82) is 5.26 Å². The average molecular weight is 527 g/mol. The number of hydrogen-bond donors (Lipinski definition) is 1. The van der Waals surface area contributed by atoms with Gasteiger partial charge in [0.15, 0.2) is 0 Å². The number of hydrogen-bond acceptors (Lipinski definition) is 7. The van der Waals surface area contributed by atoms with Crippen LogP contribution in [0.15, 0.2) is 49.1 Å². The van der Waals surface area contributed by atoms with Crippen LogP contribution in [0.3, 0.4) is 0 Å². The molecule has 1 atom stereocenters. The number of fused-ring (bicyclic) bond motifs is 1. The van der Waals surface area contributed by atoms with Gasteiger partial charge in [0.25, 0.3) is 0 Å². The molecule has 202 valence electrons. The Bertz CT molecular complexity index is 1520. The van der Waals surface area contributed by atoms with Gasteiger partial charge in [-0.1, -0.05) is 6.07 Å². The van der Waals surface area contributed by atoms with Gasteiger partial charge in [-0.15, -0.1) is 0 Å². The van der Waals surface area contributed by atoms with Crippen LogP contribution in [-0.2, 0) is 4.74 Å². The Morgan fingerprint density at radius 2 is 1.97 bits per heavy atom. The Labute approximate surface area is 228 Å². The van der Waals surface area contributed by atoms with Gasteiger partial charge in [-0.25, -0.2) is 9.31 Å². The van der Waals surface area contributed by atoms with E-state index in [1.165, 1.54) is 0 Å². The summed E-state index contributed by atoms with van der Waals surface area (Å²) in [5.41, 5.74) is 5.41. The molecule has 0 spiro atoms. The molecule has 1 amide bonds. The number of pyridine rings is 2. The highest BCUT2D eigenvalue weighted by Crippen LogP contribution is 2.34. The maximum atomic E-state index is 12.5. The molecule has 1 fully saturated rings. The molecule has 0 aromatic carbocycles. The van der Waals surface area contributed by atoms with E-state index < -0.39 is 5.60 Å². The molecule has 39 heavy (non-hydrogen) atoms. The molecule has 5 rings (SSSR count). The lowest BCUT2D eigenvalue weighted by Crippen LogP contribution is -2.42. The van der Waals surface area contributed by atoms with Crippen LogP contribution >= 0.6 is 0 Å². The lowest BCUT2D eigenvalue weighted by molar-refractivity contribution is 0.0184. The van der Waals surface area contributed by atoms with E-state index in [1.807, 2.05) is 58.3 Å². The van der Waals surface area contributed by atoms with Crippen LogP contribution in [0.25, 0.3) is 16.6 Å². The molecule has 4 aromatic heterocycles. The van der Waals surface area contributed by atoms with Gasteiger partial charge in [0.05, 0.1) is 41.4 Å². The van der Waals surface area contributed by atoms with E-state index in [4.69, 9.17) is 9.84 Å². The zero-order valence-electron chi connectivity index (χ0n) is 23.0. The minimum Gasteiger partial charge on any atom is -0.444 e. The molecule has 10 heteroatoms. The molecular formula is C29H34N8O2. The fraction of sp³-hybridized carbons (Fsp3) is 0.414. The Hall–Kier alpha value is -4.39. The summed E-state index contributed by atoms with van der Waals surface area (Å²) in [6.45, 7) is 11.0.